The van der Waals surface area contributed by atoms with E-state index in [1.54, 1.807) is 20.0 Å². The van der Waals surface area contributed by atoms with Crippen LogP contribution in [-0.4, -0.2) is 60.6 Å². The lowest BCUT2D eigenvalue weighted by molar-refractivity contribution is -0.0387. The van der Waals surface area contributed by atoms with Gasteiger partial charge in [0.15, 0.2) is 5.72 Å². The van der Waals surface area contributed by atoms with Gasteiger partial charge in [-0.25, -0.2) is 23.5 Å². The third-order valence-electron chi connectivity index (χ3n) is 7.78. The van der Waals surface area contributed by atoms with E-state index in [0.717, 1.165) is 28.8 Å². The summed E-state index contributed by atoms with van der Waals surface area (Å²) in [5.74, 6) is -0.807. The maximum atomic E-state index is 14.3. The third kappa shape index (κ3) is 5.82. The summed E-state index contributed by atoms with van der Waals surface area (Å²) >= 11 is 1.43. The monoisotopic (exact) mass is 610 g/mol. The number of amides is 2. The van der Waals surface area contributed by atoms with E-state index in [2.05, 4.69) is 36.2 Å². The molecular formula is C29H32F2N8O3S. The van der Waals surface area contributed by atoms with Gasteiger partial charge < -0.3 is 31.5 Å². The smallest absolute Gasteiger partial charge is 0.315 e. The lowest BCUT2D eigenvalue weighted by Crippen LogP contribution is -2.54. The van der Waals surface area contributed by atoms with Gasteiger partial charge in [-0.2, -0.15) is 4.98 Å². The summed E-state index contributed by atoms with van der Waals surface area (Å²) in [5.41, 5.74) is 0.721. The number of aryl methyl sites for hydroxylation is 1. The first-order valence-electron chi connectivity index (χ1n) is 14.2. The van der Waals surface area contributed by atoms with Crippen LogP contribution < -0.4 is 21.3 Å². The molecule has 4 aromatic rings. The van der Waals surface area contributed by atoms with Crippen molar-refractivity contribution < 1.29 is 23.8 Å². The van der Waals surface area contributed by atoms with E-state index in [1.165, 1.54) is 29.5 Å². The number of thiazole rings is 1. The lowest BCUT2D eigenvalue weighted by atomic mass is 10.1. The van der Waals surface area contributed by atoms with E-state index in [4.69, 9.17) is 4.98 Å². The Kier molecular flexibility index (Phi) is 7.83. The van der Waals surface area contributed by atoms with E-state index < -0.39 is 35.5 Å². The van der Waals surface area contributed by atoms with Gasteiger partial charge in [0.2, 0.25) is 5.95 Å². The fourth-order valence-electron chi connectivity index (χ4n) is 5.39. The van der Waals surface area contributed by atoms with Crippen molar-refractivity contribution in [1.82, 2.24) is 30.6 Å². The van der Waals surface area contributed by atoms with Crippen molar-refractivity contribution in [3.63, 3.8) is 0 Å². The predicted octanol–water partition coefficient (Wildman–Crippen LogP) is 4.17. The molecule has 43 heavy (non-hydrogen) atoms. The number of aliphatic hydroxyl groups is 2. The lowest BCUT2D eigenvalue weighted by Gasteiger charge is -2.31. The van der Waals surface area contributed by atoms with Crippen LogP contribution in [0.1, 0.15) is 55.5 Å². The summed E-state index contributed by atoms with van der Waals surface area (Å²) in [6, 6.07) is 4.36. The first kappa shape index (κ1) is 29.1. The van der Waals surface area contributed by atoms with Crippen LogP contribution in [0, 0.1) is 18.6 Å². The maximum absolute atomic E-state index is 14.3. The van der Waals surface area contributed by atoms with Gasteiger partial charge in [0.25, 0.3) is 0 Å². The van der Waals surface area contributed by atoms with Crippen LogP contribution in [0.15, 0.2) is 30.5 Å². The summed E-state index contributed by atoms with van der Waals surface area (Å²) in [6.07, 6.45) is 2.93. The number of benzene rings is 1. The van der Waals surface area contributed by atoms with Gasteiger partial charge in [0, 0.05) is 30.8 Å². The number of aliphatic hydroxyl groups excluding tert-OH is 1. The quantitative estimate of drug-likeness (QED) is 0.153. The Bertz CT molecular complexity index is 1660. The van der Waals surface area contributed by atoms with Crippen LogP contribution in [0.3, 0.4) is 0 Å². The molecule has 0 aliphatic heterocycles. The molecule has 1 aromatic carbocycles. The SMILES string of the molecule is CCNC(=O)N[C@H]1CC[C@](O)(Nc2nc(NCc3c(F)cccc3F)nc(C)c2-c2nc3c(C4CC4)nccc3s2)[C@@H]1O. The summed E-state index contributed by atoms with van der Waals surface area (Å²) < 4.78 is 29.5. The number of urea groups is 1. The van der Waals surface area contributed by atoms with Crippen molar-refractivity contribution in [2.75, 3.05) is 17.2 Å². The highest BCUT2D eigenvalue weighted by Crippen LogP contribution is 2.45. The Labute approximate surface area is 250 Å². The molecule has 0 spiro atoms. The van der Waals surface area contributed by atoms with Crippen LogP contribution in [0.5, 0.6) is 0 Å². The van der Waals surface area contributed by atoms with Gasteiger partial charge in [0.1, 0.15) is 34.1 Å². The summed E-state index contributed by atoms with van der Waals surface area (Å²) in [7, 11) is 0. The second kappa shape index (κ2) is 11.6. The number of carbonyl (C=O) groups excluding carboxylic acids is 1. The Hall–Kier alpha value is -4.01. The molecule has 11 nitrogen and oxygen atoms in total. The van der Waals surface area contributed by atoms with E-state index in [-0.39, 0.29) is 30.3 Å². The number of rotatable bonds is 9. The van der Waals surface area contributed by atoms with Gasteiger partial charge in [-0.05, 0) is 57.7 Å². The number of hydrogen-bond donors (Lipinski definition) is 6. The average Bonchev–Trinajstić information content (AvgIpc) is 3.66. The zero-order chi connectivity index (χ0) is 30.3. The highest BCUT2D eigenvalue weighted by molar-refractivity contribution is 7.21. The molecule has 2 aliphatic rings. The molecule has 3 heterocycles. The molecule has 6 N–H and O–H groups in total. The number of fused-ring (bicyclic) bond motifs is 1. The summed E-state index contributed by atoms with van der Waals surface area (Å²) in [4.78, 5) is 30.7. The minimum absolute atomic E-state index is 0.0564. The predicted molar refractivity (Wildman–Crippen MR) is 159 cm³/mol. The van der Waals surface area contributed by atoms with E-state index >= 15 is 0 Å². The maximum Gasteiger partial charge on any atom is 0.315 e. The fraction of sp³-hybridized carbons (Fsp3) is 0.414. The molecule has 6 rings (SSSR count). The molecule has 3 aromatic heterocycles. The second-order valence-corrected chi connectivity index (χ2v) is 11.9. The van der Waals surface area contributed by atoms with E-state index in [0.29, 0.717) is 35.1 Å². The van der Waals surface area contributed by atoms with Crippen LogP contribution >= 0.6 is 11.3 Å². The number of carbonyl (C=O) groups is 1. The van der Waals surface area contributed by atoms with Gasteiger partial charge in [0.05, 0.1) is 27.7 Å². The van der Waals surface area contributed by atoms with E-state index in [9.17, 15) is 23.8 Å². The Morgan fingerprint density at radius 2 is 1.91 bits per heavy atom. The van der Waals surface area contributed by atoms with Crippen LogP contribution in [0.4, 0.5) is 25.3 Å². The second-order valence-electron chi connectivity index (χ2n) is 10.9. The molecule has 0 radical (unpaired) electrons. The van der Waals surface area contributed by atoms with Crippen LogP contribution in [-0.2, 0) is 6.54 Å². The molecule has 226 valence electrons. The Morgan fingerprint density at radius 3 is 2.63 bits per heavy atom. The Morgan fingerprint density at radius 1 is 1.14 bits per heavy atom. The highest BCUT2D eigenvalue weighted by atomic mass is 32.1. The number of nitrogens with zero attached hydrogens (tertiary/aromatic N) is 4. The van der Waals surface area contributed by atoms with Crippen LogP contribution in [0.25, 0.3) is 20.8 Å². The molecule has 2 aliphatic carbocycles. The highest BCUT2D eigenvalue weighted by Gasteiger charge is 2.48. The molecule has 2 fully saturated rings. The summed E-state index contributed by atoms with van der Waals surface area (Å²) in [6.45, 7) is 3.71. The molecule has 2 amide bonds. The molecule has 14 heteroatoms. The van der Waals surface area contributed by atoms with Crippen molar-refractivity contribution in [2.24, 2.45) is 0 Å². The number of pyridine rings is 1. The van der Waals surface area contributed by atoms with E-state index in [1.807, 2.05) is 6.07 Å². The fourth-order valence-corrected chi connectivity index (χ4v) is 6.46. The van der Waals surface area contributed by atoms with Gasteiger partial charge in [-0.1, -0.05) is 6.07 Å². The summed E-state index contributed by atoms with van der Waals surface area (Å²) in [5, 5.41) is 34.5. The van der Waals surface area contributed by atoms with Gasteiger partial charge in [-0.3, -0.25) is 4.98 Å². The number of halogens is 2. The topological polar surface area (TPSA) is 157 Å². The minimum Gasteiger partial charge on any atom is -0.386 e. The minimum atomic E-state index is -1.86. The Balaban J connectivity index is 1.37. The molecule has 0 unspecified atom stereocenters. The van der Waals surface area contributed by atoms with Crippen molar-refractivity contribution in [2.45, 2.75) is 69.9 Å². The molecular weight excluding hydrogens is 578 g/mol. The number of aromatic nitrogens is 4. The standard InChI is InChI=1S/C29H32F2N8O3S/c1-3-32-28(41)36-19-9-11-29(42,24(19)40)39-25-21(26-37-23-20(43-26)10-12-33-22(23)15-7-8-15)14(2)35-27(38-25)34-13-16-17(30)5-4-6-18(16)31/h4-6,10,12,15,19,24,40,42H,3,7-9,11,13H2,1-2H3,(H2,32,36,41)(H2,34,35,38,39)/t19-,24+,29+/m0/s1. The average molecular weight is 611 g/mol. The number of anilines is 2. The zero-order valence-electron chi connectivity index (χ0n) is 23.6. The third-order valence-corrected chi connectivity index (χ3v) is 8.82. The van der Waals surface area contributed by atoms with Crippen molar-refractivity contribution in [1.29, 1.82) is 0 Å². The van der Waals surface area contributed by atoms with Gasteiger partial charge in [-0.15, -0.1) is 11.3 Å². The molecule has 2 saturated carbocycles. The van der Waals surface area contributed by atoms with Gasteiger partial charge >= 0.3 is 6.03 Å². The zero-order valence-corrected chi connectivity index (χ0v) is 24.4. The molecule has 3 atom stereocenters. The normalized spacial score (nSPS) is 21.6. The van der Waals surface area contributed by atoms with Crippen molar-refractivity contribution in [3.8, 4) is 10.6 Å². The first-order chi connectivity index (χ1) is 20.7. The van der Waals surface area contributed by atoms with Crippen molar-refractivity contribution in [3.05, 3.63) is 59.0 Å². The largest absolute Gasteiger partial charge is 0.386 e. The van der Waals surface area contributed by atoms with Crippen molar-refractivity contribution >= 4 is 39.4 Å². The number of nitrogens with one attached hydrogen (secondary N) is 4. The number of hydrogen-bond acceptors (Lipinski definition) is 10. The first-order valence-corrected chi connectivity index (χ1v) is 15.0. The molecule has 0 bridgehead atoms. The molecule has 0 saturated heterocycles. The van der Waals surface area contributed by atoms with Crippen LogP contribution in [0.2, 0.25) is 0 Å².